The lowest BCUT2D eigenvalue weighted by molar-refractivity contribution is 0.0668. The molecule has 1 aliphatic heterocycles. The Labute approximate surface area is 216 Å². The Morgan fingerprint density at radius 1 is 0.947 bits per heavy atom. The predicted octanol–water partition coefficient (Wildman–Crippen LogP) is 6.54. The van der Waals surface area contributed by atoms with Crippen LogP contribution in [0.3, 0.4) is 0 Å². The van der Waals surface area contributed by atoms with Crippen LogP contribution in [-0.2, 0) is 0 Å². The number of ether oxygens (including phenoxy) is 1. The van der Waals surface area contributed by atoms with E-state index < -0.39 is 18.5 Å². The van der Waals surface area contributed by atoms with Gasteiger partial charge < -0.3 is 4.74 Å². The first-order valence-corrected chi connectivity index (χ1v) is 12.3. The minimum Gasteiger partial charge on any atom is -0.492 e. The van der Waals surface area contributed by atoms with Crippen molar-refractivity contribution in [1.82, 2.24) is 15.1 Å². The summed E-state index contributed by atoms with van der Waals surface area (Å²) in [6.07, 6.45) is -5.85. The zero-order valence-corrected chi connectivity index (χ0v) is 20.4. The van der Waals surface area contributed by atoms with Crippen molar-refractivity contribution in [1.29, 1.82) is 0 Å². The van der Waals surface area contributed by atoms with Gasteiger partial charge in [-0.25, -0.2) is 13.2 Å². The van der Waals surface area contributed by atoms with Crippen LogP contribution in [0, 0.1) is 11.9 Å². The van der Waals surface area contributed by atoms with Crippen molar-refractivity contribution < 1.29 is 26.7 Å². The number of H-pyrrole nitrogens is 1. The highest BCUT2D eigenvalue weighted by Gasteiger charge is 2.30. The zero-order chi connectivity index (χ0) is 26.6. The molecule has 5 rings (SSSR count). The SMILES string of the molecule is FCC1CN(CCOc2ccc(C(=C(c3ccccc3)C(F)C(F)F)c3ccc4n[nH]c(F)c4c3)cc2)C1. The monoisotopic (exact) mass is 527 g/mol. The highest BCUT2D eigenvalue weighted by Crippen LogP contribution is 2.39. The minimum atomic E-state index is -3.27. The second kappa shape index (κ2) is 11.3. The number of alkyl halides is 4. The first kappa shape index (κ1) is 25.9. The zero-order valence-electron chi connectivity index (χ0n) is 20.4. The maximum Gasteiger partial charge on any atom is 0.273 e. The topological polar surface area (TPSA) is 41.1 Å². The van der Waals surface area contributed by atoms with Gasteiger partial charge in [0.2, 0.25) is 5.95 Å². The molecule has 1 aliphatic rings. The van der Waals surface area contributed by atoms with E-state index in [1.807, 2.05) is 0 Å². The van der Waals surface area contributed by atoms with Gasteiger partial charge in [-0.1, -0.05) is 48.5 Å². The van der Waals surface area contributed by atoms with Crippen LogP contribution in [0.15, 0.2) is 72.8 Å². The van der Waals surface area contributed by atoms with Crippen LogP contribution >= 0.6 is 0 Å². The van der Waals surface area contributed by atoms with E-state index in [1.165, 1.54) is 6.07 Å². The first-order chi connectivity index (χ1) is 18.4. The second-order valence-corrected chi connectivity index (χ2v) is 9.31. The fraction of sp³-hybridized carbons (Fsp3) is 0.276. The van der Waals surface area contributed by atoms with Crippen molar-refractivity contribution in [3.05, 3.63) is 95.4 Å². The quantitative estimate of drug-likeness (QED) is 0.188. The molecule has 1 N–H and O–H groups in total. The Hall–Kier alpha value is -3.72. The number of nitrogens with one attached hydrogen (secondary N) is 1. The average Bonchev–Trinajstić information content (AvgIpc) is 3.29. The molecule has 3 aromatic carbocycles. The standard InChI is InChI=1S/C29H26F5N3O/c30-15-18-16-37(17-18)12-13-38-22-9-6-20(7-10-22)25(21-8-11-24-23(14-21)29(34)36-35-24)26(27(31)28(32)33)19-4-2-1-3-5-19/h1-11,14,18,27-28H,12-13,15-17H2,(H,35,36). The van der Waals surface area contributed by atoms with Gasteiger partial charge in [-0.3, -0.25) is 14.4 Å². The number of hydrogen-bond acceptors (Lipinski definition) is 3. The molecule has 4 aromatic rings. The molecule has 0 spiro atoms. The number of hydrogen-bond donors (Lipinski definition) is 1. The number of halogens is 5. The number of nitrogens with zero attached hydrogens (tertiary/aromatic N) is 2. The summed E-state index contributed by atoms with van der Waals surface area (Å²) < 4.78 is 75.7. The molecule has 1 unspecified atom stereocenters. The van der Waals surface area contributed by atoms with Gasteiger partial charge in [-0.05, 0) is 46.5 Å². The van der Waals surface area contributed by atoms with Gasteiger partial charge in [0.1, 0.15) is 12.4 Å². The summed E-state index contributed by atoms with van der Waals surface area (Å²) in [5.41, 5.74) is 1.52. The minimum absolute atomic E-state index is 0.0978. The molecule has 0 saturated carbocycles. The van der Waals surface area contributed by atoms with Crippen LogP contribution in [0.1, 0.15) is 16.7 Å². The van der Waals surface area contributed by atoms with Gasteiger partial charge in [0.15, 0.2) is 6.17 Å². The van der Waals surface area contributed by atoms with Gasteiger partial charge in [0, 0.05) is 31.1 Å². The molecule has 0 aliphatic carbocycles. The molecule has 38 heavy (non-hydrogen) atoms. The number of aromatic amines is 1. The highest BCUT2D eigenvalue weighted by molar-refractivity contribution is 6.01. The molecule has 198 valence electrons. The smallest absolute Gasteiger partial charge is 0.273 e. The average molecular weight is 528 g/mol. The molecule has 1 fully saturated rings. The molecule has 0 bridgehead atoms. The summed E-state index contributed by atoms with van der Waals surface area (Å²) in [4.78, 5) is 2.10. The molecular weight excluding hydrogens is 501 g/mol. The highest BCUT2D eigenvalue weighted by atomic mass is 19.3. The molecule has 9 heteroatoms. The van der Waals surface area contributed by atoms with E-state index in [1.54, 1.807) is 66.7 Å². The Bertz CT molecular complexity index is 1400. The number of allylic oxidation sites excluding steroid dienone is 1. The van der Waals surface area contributed by atoms with Crippen LogP contribution in [0.5, 0.6) is 5.75 Å². The van der Waals surface area contributed by atoms with E-state index in [9.17, 15) is 17.6 Å². The lowest BCUT2D eigenvalue weighted by Gasteiger charge is -2.37. The van der Waals surface area contributed by atoms with E-state index in [0.29, 0.717) is 54.2 Å². The summed E-state index contributed by atoms with van der Waals surface area (Å²) in [6, 6.07) is 19.5. The van der Waals surface area contributed by atoms with E-state index in [0.717, 1.165) is 0 Å². The van der Waals surface area contributed by atoms with Gasteiger partial charge in [-0.2, -0.15) is 9.49 Å². The van der Waals surface area contributed by atoms with Crippen LogP contribution in [0.4, 0.5) is 22.0 Å². The van der Waals surface area contributed by atoms with E-state index in [2.05, 4.69) is 15.1 Å². The van der Waals surface area contributed by atoms with Gasteiger partial charge >= 0.3 is 0 Å². The van der Waals surface area contributed by atoms with Crippen LogP contribution in [0.25, 0.3) is 22.0 Å². The molecule has 2 heterocycles. The number of rotatable bonds is 10. The van der Waals surface area contributed by atoms with Crippen molar-refractivity contribution in [2.75, 3.05) is 32.9 Å². The lowest BCUT2D eigenvalue weighted by Crippen LogP contribution is -2.49. The Morgan fingerprint density at radius 3 is 2.34 bits per heavy atom. The third kappa shape index (κ3) is 5.43. The van der Waals surface area contributed by atoms with E-state index in [-0.39, 0.29) is 29.1 Å². The normalized spacial score (nSPS) is 15.9. The van der Waals surface area contributed by atoms with Gasteiger partial charge in [0.05, 0.1) is 17.6 Å². The molecule has 4 nitrogen and oxygen atoms in total. The number of benzene rings is 3. The summed E-state index contributed by atoms with van der Waals surface area (Å²) in [5.74, 6) is -0.0172. The maximum absolute atomic E-state index is 15.3. The molecule has 1 aromatic heterocycles. The molecule has 0 radical (unpaired) electrons. The van der Waals surface area contributed by atoms with E-state index in [4.69, 9.17) is 4.74 Å². The Morgan fingerprint density at radius 2 is 1.66 bits per heavy atom. The molecule has 0 amide bonds. The predicted molar refractivity (Wildman–Crippen MR) is 137 cm³/mol. The lowest BCUT2D eigenvalue weighted by atomic mass is 9.87. The van der Waals surface area contributed by atoms with Crippen LogP contribution in [-0.4, -0.2) is 60.6 Å². The largest absolute Gasteiger partial charge is 0.492 e. The molecular formula is C29H26F5N3O. The maximum atomic E-state index is 15.3. The second-order valence-electron chi connectivity index (χ2n) is 9.31. The van der Waals surface area contributed by atoms with Crippen molar-refractivity contribution in [2.24, 2.45) is 5.92 Å². The fourth-order valence-corrected chi connectivity index (χ4v) is 4.76. The Balaban J connectivity index is 1.52. The third-order valence-electron chi connectivity index (χ3n) is 6.72. The van der Waals surface area contributed by atoms with Crippen molar-refractivity contribution in [3.8, 4) is 5.75 Å². The Kier molecular flexibility index (Phi) is 7.74. The fourth-order valence-electron chi connectivity index (χ4n) is 4.76. The van der Waals surface area contributed by atoms with Gasteiger partial charge in [-0.15, -0.1) is 0 Å². The van der Waals surface area contributed by atoms with Crippen LogP contribution < -0.4 is 4.74 Å². The molecule has 1 atom stereocenters. The summed E-state index contributed by atoms with van der Waals surface area (Å²) >= 11 is 0. The van der Waals surface area contributed by atoms with Gasteiger partial charge in [0.25, 0.3) is 6.43 Å². The summed E-state index contributed by atoms with van der Waals surface area (Å²) in [6.45, 7) is 2.18. The van der Waals surface area contributed by atoms with Crippen molar-refractivity contribution in [3.63, 3.8) is 0 Å². The number of likely N-dealkylation sites (tertiary alicyclic amines) is 1. The summed E-state index contributed by atoms with van der Waals surface area (Å²) in [5, 5.41) is 6.32. The summed E-state index contributed by atoms with van der Waals surface area (Å²) in [7, 11) is 0. The van der Waals surface area contributed by atoms with Crippen molar-refractivity contribution in [2.45, 2.75) is 12.6 Å². The molecule has 1 saturated heterocycles. The first-order valence-electron chi connectivity index (χ1n) is 12.3. The third-order valence-corrected chi connectivity index (χ3v) is 6.72. The van der Waals surface area contributed by atoms with E-state index >= 15 is 4.39 Å². The van der Waals surface area contributed by atoms with Crippen LogP contribution in [0.2, 0.25) is 0 Å². The van der Waals surface area contributed by atoms with Crippen molar-refractivity contribution >= 4 is 22.0 Å². The number of fused-ring (bicyclic) bond motifs is 1. The number of aromatic nitrogens is 2.